The molecule has 3 nitrogen and oxygen atoms in total. The topological polar surface area (TPSA) is 43.4 Å². The van der Waals surface area contributed by atoms with Gasteiger partial charge in [-0.25, -0.2) is 0 Å². The molecule has 1 aliphatic rings. The zero-order valence-corrected chi connectivity index (χ0v) is 16.1. The summed E-state index contributed by atoms with van der Waals surface area (Å²) in [5, 5.41) is 0.785. The molecule has 0 spiro atoms. The Morgan fingerprint density at radius 2 is 1.21 bits per heavy atom. The Morgan fingerprint density at radius 3 is 1.54 bits per heavy atom. The SMILES string of the molecule is CC(=O)c1c(Cl)cc2c(c1Cl)Sc1c(cc(Cl)c(C(C)=O)c1Cl)O2. The smallest absolute Gasteiger partial charge is 0.162 e. The molecule has 1 aliphatic heterocycles. The summed E-state index contributed by atoms with van der Waals surface area (Å²) < 4.78 is 5.79. The van der Waals surface area contributed by atoms with Gasteiger partial charge in [-0.2, -0.15) is 0 Å². The van der Waals surface area contributed by atoms with Crippen LogP contribution < -0.4 is 4.74 Å². The number of carbonyl (C=O) groups excluding carboxylic acids is 2. The highest BCUT2D eigenvalue weighted by atomic mass is 35.5. The highest BCUT2D eigenvalue weighted by molar-refractivity contribution is 7.99. The Balaban J connectivity index is 2.23. The Bertz CT molecular complexity index is 851. The first-order valence-electron chi connectivity index (χ1n) is 6.64. The van der Waals surface area contributed by atoms with Crippen molar-refractivity contribution in [3.63, 3.8) is 0 Å². The Hall–Kier alpha value is -0.910. The van der Waals surface area contributed by atoms with Crippen LogP contribution in [0.1, 0.15) is 34.6 Å². The summed E-state index contributed by atoms with van der Waals surface area (Å²) in [6, 6.07) is 3.05. The quantitative estimate of drug-likeness (QED) is 0.419. The van der Waals surface area contributed by atoms with Crippen molar-refractivity contribution in [2.45, 2.75) is 23.6 Å². The van der Waals surface area contributed by atoms with E-state index in [2.05, 4.69) is 0 Å². The third kappa shape index (κ3) is 2.80. The molecule has 0 saturated carbocycles. The molecule has 1 heterocycles. The summed E-state index contributed by atoms with van der Waals surface area (Å²) in [5.41, 5.74) is 0.432. The first-order valence-corrected chi connectivity index (χ1v) is 8.96. The molecule has 3 rings (SSSR count). The van der Waals surface area contributed by atoms with Gasteiger partial charge in [-0.15, -0.1) is 0 Å². The molecular formula is C16H8Cl4O3S. The lowest BCUT2D eigenvalue weighted by Crippen LogP contribution is -2.04. The number of rotatable bonds is 2. The van der Waals surface area contributed by atoms with Crippen molar-refractivity contribution in [1.29, 1.82) is 0 Å². The molecule has 0 unspecified atom stereocenters. The summed E-state index contributed by atoms with van der Waals surface area (Å²) in [5.74, 6) is 0.280. The van der Waals surface area contributed by atoms with Gasteiger partial charge in [0.25, 0.3) is 0 Å². The minimum absolute atomic E-state index is 0.191. The van der Waals surface area contributed by atoms with Crippen LogP contribution in [0.25, 0.3) is 0 Å². The second-order valence-electron chi connectivity index (χ2n) is 5.07. The maximum absolute atomic E-state index is 11.8. The summed E-state index contributed by atoms with van der Waals surface area (Å²) >= 11 is 26.1. The number of benzene rings is 2. The molecule has 0 amide bonds. The lowest BCUT2D eigenvalue weighted by molar-refractivity contribution is 0.100. The zero-order valence-electron chi connectivity index (χ0n) is 12.3. The number of ketones is 2. The van der Waals surface area contributed by atoms with Crippen molar-refractivity contribution in [2.24, 2.45) is 0 Å². The molecule has 0 atom stereocenters. The maximum Gasteiger partial charge on any atom is 0.162 e. The van der Waals surface area contributed by atoms with Crippen molar-refractivity contribution in [1.82, 2.24) is 0 Å². The highest BCUT2D eigenvalue weighted by Gasteiger charge is 2.29. The Morgan fingerprint density at radius 1 is 0.833 bits per heavy atom. The standard InChI is InChI=1S/C16H8Cl4O3S/c1-5(21)11-7(17)3-9-15(13(11)19)24-16-10(23-9)4-8(18)12(6(2)22)14(16)20/h3-4H,1-2H3. The largest absolute Gasteiger partial charge is 0.455 e. The number of hydrogen-bond donors (Lipinski definition) is 0. The third-order valence-electron chi connectivity index (χ3n) is 3.41. The summed E-state index contributed by atoms with van der Waals surface area (Å²) in [6.45, 7) is 2.75. The van der Waals surface area contributed by atoms with E-state index >= 15 is 0 Å². The van der Waals surface area contributed by atoms with Crippen LogP contribution in [0.4, 0.5) is 0 Å². The van der Waals surface area contributed by atoms with Gasteiger partial charge in [0.15, 0.2) is 11.6 Å². The monoisotopic (exact) mass is 420 g/mol. The van der Waals surface area contributed by atoms with Crippen LogP contribution in [-0.2, 0) is 0 Å². The molecule has 2 aromatic carbocycles. The van der Waals surface area contributed by atoms with E-state index in [1.807, 2.05) is 0 Å². The van der Waals surface area contributed by atoms with Gasteiger partial charge >= 0.3 is 0 Å². The molecule has 124 valence electrons. The zero-order chi connectivity index (χ0) is 17.8. The van der Waals surface area contributed by atoms with Gasteiger partial charge in [0.05, 0.1) is 41.0 Å². The van der Waals surface area contributed by atoms with E-state index in [9.17, 15) is 9.59 Å². The molecule has 0 radical (unpaired) electrons. The summed E-state index contributed by atoms with van der Waals surface area (Å²) in [4.78, 5) is 24.6. The minimum Gasteiger partial charge on any atom is -0.455 e. The lowest BCUT2D eigenvalue weighted by Gasteiger charge is -2.24. The van der Waals surface area contributed by atoms with Crippen molar-refractivity contribution in [3.05, 3.63) is 43.4 Å². The first kappa shape index (κ1) is 17.9. The second kappa shape index (κ2) is 6.43. The summed E-state index contributed by atoms with van der Waals surface area (Å²) in [6.07, 6.45) is 0. The molecule has 0 fully saturated rings. The third-order valence-corrected chi connectivity index (χ3v) is 6.20. The van der Waals surface area contributed by atoms with Gasteiger partial charge in [0, 0.05) is 12.1 Å². The number of halogens is 4. The molecule has 0 N–H and O–H groups in total. The number of carbonyl (C=O) groups is 2. The highest BCUT2D eigenvalue weighted by Crippen LogP contribution is 2.55. The Labute approximate surface area is 162 Å². The van der Waals surface area contributed by atoms with Crippen molar-refractivity contribution in [2.75, 3.05) is 0 Å². The molecule has 0 saturated heterocycles. The number of ether oxygens (including phenoxy) is 1. The van der Waals surface area contributed by atoms with E-state index < -0.39 is 0 Å². The Kier molecular flexibility index (Phi) is 4.80. The number of Topliss-reactive ketones (excluding diaryl/α,β-unsaturated/α-hetero) is 2. The van der Waals surface area contributed by atoms with Crippen molar-refractivity contribution >= 4 is 69.7 Å². The number of fused-ring (bicyclic) bond motifs is 2. The molecule has 2 aromatic rings. The van der Waals surface area contributed by atoms with Crippen LogP contribution in [0.2, 0.25) is 20.1 Å². The van der Waals surface area contributed by atoms with Crippen LogP contribution in [0.15, 0.2) is 21.9 Å². The normalized spacial score (nSPS) is 12.2. The van der Waals surface area contributed by atoms with Crippen LogP contribution in [0.3, 0.4) is 0 Å². The van der Waals surface area contributed by atoms with E-state index in [0.29, 0.717) is 21.3 Å². The van der Waals surface area contributed by atoms with Crippen LogP contribution in [-0.4, -0.2) is 11.6 Å². The van der Waals surface area contributed by atoms with Crippen LogP contribution in [0.5, 0.6) is 11.5 Å². The minimum atomic E-state index is -0.258. The van der Waals surface area contributed by atoms with E-state index in [1.54, 1.807) is 0 Å². The first-order chi connectivity index (χ1) is 11.2. The van der Waals surface area contributed by atoms with E-state index in [0.717, 1.165) is 0 Å². The predicted octanol–water partition coefficient (Wildman–Crippen LogP) is 6.96. The van der Waals surface area contributed by atoms with E-state index in [4.69, 9.17) is 51.1 Å². The van der Waals surface area contributed by atoms with Gasteiger partial charge in [-0.3, -0.25) is 9.59 Å². The fraction of sp³-hybridized carbons (Fsp3) is 0.125. The predicted molar refractivity (Wildman–Crippen MR) is 97.1 cm³/mol. The van der Waals surface area contributed by atoms with Gasteiger partial charge in [0.2, 0.25) is 0 Å². The fourth-order valence-corrected chi connectivity index (χ4v) is 4.99. The molecule has 0 aliphatic carbocycles. The van der Waals surface area contributed by atoms with Crippen molar-refractivity contribution < 1.29 is 14.3 Å². The lowest BCUT2D eigenvalue weighted by atomic mass is 10.1. The van der Waals surface area contributed by atoms with E-state index in [-0.39, 0.29) is 42.8 Å². The van der Waals surface area contributed by atoms with E-state index in [1.165, 1.54) is 37.7 Å². The number of hydrogen-bond acceptors (Lipinski definition) is 4. The average molecular weight is 422 g/mol. The van der Waals surface area contributed by atoms with Crippen LogP contribution >= 0.6 is 58.2 Å². The van der Waals surface area contributed by atoms with Gasteiger partial charge < -0.3 is 4.74 Å². The summed E-state index contributed by atoms with van der Waals surface area (Å²) in [7, 11) is 0. The molecule has 0 aromatic heterocycles. The second-order valence-corrected chi connectivity index (χ2v) is 7.66. The van der Waals surface area contributed by atoms with Crippen molar-refractivity contribution in [3.8, 4) is 11.5 Å². The molecular weight excluding hydrogens is 414 g/mol. The maximum atomic E-state index is 11.8. The fourth-order valence-electron chi connectivity index (χ4n) is 2.37. The molecule has 8 heteroatoms. The van der Waals surface area contributed by atoms with Gasteiger partial charge in [0.1, 0.15) is 11.5 Å². The van der Waals surface area contributed by atoms with Gasteiger partial charge in [-0.1, -0.05) is 58.2 Å². The van der Waals surface area contributed by atoms with Crippen LogP contribution in [0, 0.1) is 0 Å². The molecule has 0 bridgehead atoms. The molecule has 24 heavy (non-hydrogen) atoms. The average Bonchev–Trinajstić information content (AvgIpc) is 2.44. The van der Waals surface area contributed by atoms with Gasteiger partial charge in [-0.05, 0) is 13.8 Å².